The van der Waals surface area contributed by atoms with E-state index in [1.54, 1.807) is 0 Å². The molecule has 0 aromatic heterocycles. The maximum absolute atomic E-state index is 11.9. The normalized spacial score (nSPS) is 14.7. The monoisotopic (exact) mass is 467 g/mol. The van der Waals surface area contributed by atoms with Gasteiger partial charge in [0.2, 0.25) is 5.91 Å². The third kappa shape index (κ3) is 8.96. The van der Waals surface area contributed by atoms with Gasteiger partial charge in [-0.15, -0.1) is 0 Å². The van der Waals surface area contributed by atoms with E-state index < -0.39 is 0 Å². The summed E-state index contributed by atoms with van der Waals surface area (Å²) in [5, 5.41) is 13.9. The fraction of sp³-hybridized carbons (Fsp3) is 0.476. The van der Waals surface area contributed by atoms with Crippen molar-refractivity contribution >= 4 is 51.9 Å². The number of benzene rings is 1. The Kier molecular flexibility index (Phi) is 11.0. The number of carbonyl (C=O) groups is 2. The number of thioether (sulfide) groups is 1. The zero-order valence-corrected chi connectivity index (χ0v) is 19.4. The summed E-state index contributed by atoms with van der Waals surface area (Å²) in [6, 6.07) is 6.07. The number of thiocarbonyl (C=S) groups is 1. The van der Waals surface area contributed by atoms with Crippen LogP contribution in [0.5, 0.6) is 0 Å². The van der Waals surface area contributed by atoms with Gasteiger partial charge in [0, 0.05) is 32.2 Å². The van der Waals surface area contributed by atoms with Crippen molar-refractivity contribution in [2.24, 2.45) is 0 Å². The first-order chi connectivity index (χ1) is 14.9. The van der Waals surface area contributed by atoms with Gasteiger partial charge in [-0.05, 0) is 48.0 Å². The highest BCUT2D eigenvalue weighted by Gasteiger charge is 2.21. The molecule has 2 amide bonds. The van der Waals surface area contributed by atoms with Crippen molar-refractivity contribution in [2.75, 3.05) is 58.1 Å². The summed E-state index contributed by atoms with van der Waals surface area (Å²) in [7, 11) is 1.97. The van der Waals surface area contributed by atoms with Gasteiger partial charge in [0.25, 0.3) is 5.24 Å². The molecule has 10 heteroatoms. The van der Waals surface area contributed by atoms with Gasteiger partial charge in [-0.2, -0.15) is 0 Å². The highest BCUT2D eigenvalue weighted by Crippen LogP contribution is 2.28. The molecule has 170 valence electrons. The highest BCUT2D eigenvalue weighted by molar-refractivity contribution is 8.19. The molecule has 8 nitrogen and oxygen atoms in total. The lowest BCUT2D eigenvalue weighted by molar-refractivity contribution is -0.122. The minimum absolute atomic E-state index is 0.00773. The first-order valence-electron chi connectivity index (χ1n) is 10.0. The molecule has 3 N–H and O–H groups in total. The molecular formula is C21H29N3O5S2. The Morgan fingerprint density at radius 2 is 2.03 bits per heavy atom. The fourth-order valence-corrected chi connectivity index (χ4v) is 3.78. The minimum Gasteiger partial charge on any atom is -0.394 e. The van der Waals surface area contributed by atoms with Crippen LogP contribution in [0, 0.1) is 6.92 Å². The predicted molar refractivity (Wildman–Crippen MR) is 127 cm³/mol. The van der Waals surface area contributed by atoms with Crippen LogP contribution in [0.15, 0.2) is 23.1 Å². The van der Waals surface area contributed by atoms with Crippen LogP contribution in [0.25, 0.3) is 6.08 Å². The number of likely N-dealkylation sites (N-methyl/N-ethyl adjacent to an activating group) is 1. The number of amides is 2. The van der Waals surface area contributed by atoms with E-state index in [0.717, 1.165) is 33.5 Å². The smallest absolute Gasteiger partial charge is 0.289 e. The maximum Gasteiger partial charge on any atom is 0.289 e. The summed E-state index contributed by atoms with van der Waals surface area (Å²) in [5.74, 6) is -0.0592. The number of aryl methyl sites for hydroxylation is 1. The average Bonchev–Trinajstić information content (AvgIpc) is 3.05. The summed E-state index contributed by atoms with van der Waals surface area (Å²) in [6.07, 6.45) is 2.22. The number of rotatable bonds is 13. The number of carbonyl (C=O) groups excluding carboxylic acids is 2. The van der Waals surface area contributed by atoms with Gasteiger partial charge in [0.15, 0.2) is 0 Å². The van der Waals surface area contributed by atoms with Gasteiger partial charge in [0.1, 0.15) is 4.99 Å². The second-order valence-corrected chi connectivity index (χ2v) is 8.29. The van der Waals surface area contributed by atoms with Crippen LogP contribution in [-0.4, -0.2) is 74.4 Å². The quantitative estimate of drug-likeness (QED) is 0.230. The molecule has 0 bridgehead atoms. The van der Waals surface area contributed by atoms with Crippen LogP contribution in [0.1, 0.15) is 17.5 Å². The molecule has 0 atom stereocenters. The third-order valence-electron chi connectivity index (χ3n) is 4.47. The van der Waals surface area contributed by atoms with E-state index in [1.165, 1.54) is 0 Å². The van der Waals surface area contributed by atoms with E-state index in [2.05, 4.69) is 21.6 Å². The van der Waals surface area contributed by atoms with Crippen molar-refractivity contribution in [1.29, 1.82) is 0 Å². The topological polar surface area (TPSA) is 100 Å². The van der Waals surface area contributed by atoms with Crippen LogP contribution in [0.3, 0.4) is 0 Å². The molecule has 1 fully saturated rings. The largest absolute Gasteiger partial charge is 0.394 e. The fourth-order valence-electron chi connectivity index (χ4n) is 2.75. The summed E-state index contributed by atoms with van der Waals surface area (Å²) in [6.45, 7) is 4.64. The van der Waals surface area contributed by atoms with Crippen LogP contribution < -0.4 is 15.5 Å². The van der Waals surface area contributed by atoms with Crippen molar-refractivity contribution in [1.82, 2.24) is 10.6 Å². The van der Waals surface area contributed by atoms with E-state index in [0.29, 0.717) is 50.9 Å². The molecule has 1 aromatic carbocycles. The maximum atomic E-state index is 11.9. The van der Waals surface area contributed by atoms with Gasteiger partial charge in [-0.3, -0.25) is 9.59 Å². The molecule has 1 heterocycles. The first-order valence-corrected chi connectivity index (χ1v) is 11.2. The molecule has 0 unspecified atom stereocenters. The average molecular weight is 468 g/mol. The molecule has 0 aliphatic carbocycles. The Morgan fingerprint density at radius 1 is 1.29 bits per heavy atom. The van der Waals surface area contributed by atoms with Crippen molar-refractivity contribution < 1.29 is 24.2 Å². The third-order valence-corrected chi connectivity index (χ3v) is 5.75. The standard InChI is InChI=1S/C21H29N3O5S2/c1-15-13-17(4-3-16(15)14-18-20(30)23-21(27)31-18)24(2)7-6-22-19(26)5-9-28-11-12-29-10-8-25/h3-4,13-14,25H,5-12H2,1-2H3,(H,22,26)(H,23,27,30)/b18-14-. The van der Waals surface area contributed by atoms with Gasteiger partial charge in [0.05, 0.1) is 37.9 Å². The zero-order chi connectivity index (χ0) is 22.6. The SMILES string of the molecule is Cc1cc(N(C)CCNC(=O)CCOCCOCCO)ccc1/C=C1\SC(=O)NC1=S. The first kappa shape index (κ1) is 25.3. The summed E-state index contributed by atoms with van der Waals surface area (Å²) in [4.78, 5) is 26.6. The molecular weight excluding hydrogens is 438 g/mol. The molecule has 1 aliphatic heterocycles. The van der Waals surface area contributed by atoms with E-state index in [4.69, 9.17) is 26.8 Å². The number of aliphatic hydroxyl groups excluding tert-OH is 1. The second-order valence-electron chi connectivity index (χ2n) is 6.86. The van der Waals surface area contributed by atoms with Crippen LogP contribution in [-0.2, 0) is 14.3 Å². The van der Waals surface area contributed by atoms with Gasteiger partial charge >= 0.3 is 0 Å². The van der Waals surface area contributed by atoms with Crippen molar-refractivity contribution in [3.05, 3.63) is 34.2 Å². The summed E-state index contributed by atoms with van der Waals surface area (Å²) in [5.41, 5.74) is 3.12. The lowest BCUT2D eigenvalue weighted by atomic mass is 10.1. The molecule has 31 heavy (non-hydrogen) atoms. The van der Waals surface area contributed by atoms with Crippen LogP contribution >= 0.6 is 24.0 Å². The Bertz CT molecular complexity index is 816. The van der Waals surface area contributed by atoms with Crippen LogP contribution in [0.4, 0.5) is 10.5 Å². The highest BCUT2D eigenvalue weighted by atomic mass is 32.2. The number of nitrogens with zero attached hydrogens (tertiary/aromatic N) is 1. The summed E-state index contributed by atoms with van der Waals surface area (Å²) < 4.78 is 10.4. The van der Waals surface area contributed by atoms with Crippen molar-refractivity contribution in [3.8, 4) is 0 Å². The number of hydrogen-bond donors (Lipinski definition) is 3. The molecule has 0 radical (unpaired) electrons. The lowest BCUT2D eigenvalue weighted by Crippen LogP contribution is -2.33. The van der Waals surface area contributed by atoms with Crippen molar-refractivity contribution in [2.45, 2.75) is 13.3 Å². The predicted octanol–water partition coefficient (Wildman–Crippen LogP) is 2.09. The van der Waals surface area contributed by atoms with E-state index in [9.17, 15) is 9.59 Å². The second kappa shape index (κ2) is 13.4. The molecule has 0 saturated carbocycles. The van der Waals surface area contributed by atoms with Gasteiger partial charge < -0.3 is 30.1 Å². The number of aliphatic hydroxyl groups is 1. The van der Waals surface area contributed by atoms with Gasteiger partial charge in [-0.25, -0.2) is 0 Å². The van der Waals surface area contributed by atoms with E-state index >= 15 is 0 Å². The number of nitrogens with one attached hydrogen (secondary N) is 2. The van der Waals surface area contributed by atoms with Crippen molar-refractivity contribution in [3.63, 3.8) is 0 Å². The Morgan fingerprint density at radius 3 is 2.68 bits per heavy atom. The van der Waals surface area contributed by atoms with E-state index in [1.807, 2.05) is 32.2 Å². The number of anilines is 1. The number of ether oxygens (including phenoxy) is 2. The Labute approximate surface area is 192 Å². The number of hydrogen-bond acceptors (Lipinski definition) is 8. The molecule has 1 aromatic rings. The van der Waals surface area contributed by atoms with E-state index in [-0.39, 0.29) is 17.8 Å². The Balaban J connectivity index is 1.71. The zero-order valence-electron chi connectivity index (χ0n) is 17.8. The Hall–Kier alpha value is -1.98. The minimum atomic E-state index is -0.147. The lowest BCUT2D eigenvalue weighted by Gasteiger charge is -2.20. The molecule has 0 spiro atoms. The molecule has 2 rings (SSSR count). The van der Waals surface area contributed by atoms with Crippen LogP contribution in [0.2, 0.25) is 0 Å². The molecule has 1 saturated heterocycles. The van der Waals surface area contributed by atoms with Gasteiger partial charge in [-0.1, -0.05) is 18.3 Å². The summed E-state index contributed by atoms with van der Waals surface area (Å²) >= 11 is 6.27. The molecule has 1 aliphatic rings.